The molecule has 1 rings (SSSR count). The van der Waals surface area contributed by atoms with Crippen LogP contribution in [0.25, 0.3) is 0 Å². The molecule has 1 aromatic carbocycles. The zero-order valence-corrected chi connectivity index (χ0v) is 9.70. The smallest absolute Gasteiger partial charge is 0.189 e. The van der Waals surface area contributed by atoms with Crippen LogP contribution >= 0.6 is 0 Å². The number of halogens is 1. The Bertz CT molecular complexity index is 363. The molecule has 1 aromatic rings. The predicted octanol–water partition coefficient (Wildman–Crippen LogP) is 2.20. The molecule has 0 aliphatic rings. The van der Waals surface area contributed by atoms with Gasteiger partial charge in [0.15, 0.2) is 5.96 Å². The first-order valence-corrected chi connectivity index (χ1v) is 5.46. The zero-order chi connectivity index (χ0) is 12.0. The molecule has 4 heteroatoms. The van der Waals surface area contributed by atoms with Crippen molar-refractivity contribution in [3.05, 3.63) is 35.6 Å². The van der Waals surface area contributed by atoms with Gasteiger partial charge in [-0.05, 0) is 19.4 Å². The van der Waals surface area contributed by atoms with E-state index in [0.717, 1.165) is 6.42 Å². The fourth-order valence-corrected chi connectivity index (χ4v) is 1.40. The quantitative estimate of drug-likeness (QED) is 0.607. The lowest BCUT2D eigenvalue weighted by molar-refractivity contribution is 0.577. The van der Waals surface area contributed by atoms with Gasteiger partial charge < -0.3 is 11.1 Å². The summed E-state index contributed by atoms with van der Waals surface area (Å²) in [5.74, 6) is 0.128. The van der Waals surface area contributed by atoms with Crippen LogP contribution < -0.4 is 11.1 Å². The predicted molar refractivity (Wildman–Crippen MR) is 64.7 cm³/mol. The fraction of sp³-hybridized carbons (Fsp3) is 0.417. The van der Waals surface area contributed by atoms with Crippen LogP contribution in [-0.2, 0) is 0 Å². The summed E-state index contributed by atoms with van der Waals surface area (Å²) in [5, 5.41) is 2.96. The standard InChI is InChI=1S/C12H18FN3/c1-3-8-15-12(14)16-9(2)10-6-4-5-7-11(10)13/h4-7,9H,3,8H2,1-2H3,(H3,14,15,16). The van der Waals surface area contributed by atoms with E-state index >= 15 is 0 Å². The van der Waals surface area contributed by atoms with Crippen molar-refractivity contribution >= 4 is 5.96 Å². The summed E-state index contributed by atoms with van der Waals surface area (Å²) in [4.78, 5) is 4.10. The van der Waals surface area contributed by atoms with Crippen molar-refractivity contribution in [1.29, 1.82) is 0 Å². The van der Waals surface area contributed by atoms with Gasteiger partial charge in [-0.2, -0.15) is 0 Å². The maximum absolute atomic E-state index is 13.4. The Morgan fingerprint density at radius 2 is 2.19 bits per heavy atom. The molecule has 1 unspecified atom stereocenters. The Labute approximate surface area is 95.6 Å². The number of benzene rings is 1. The number of hydrogen-bond acceptors (Lipinski definition) is 1. The maximum atomic E-state index is 13.4. The van der Waals surface area contributed by atoms with Crippen LogP contribution in [0.5, 0.6) is 0 Å². The molecular formula is C12H18FN3. The van der Waals surface area contributed by atoms with E-state index < -0.39 is 0 Å². The number of guanidine groups is 1. The highest BCUT2D eigenvalue weighted by Gasteiger charge is 2.09. The van der Waals surface area contributed by atoms with E-state index in [1.807, 2.05) is 13.8 Å². The number of nitrogens with zero attached hydrogens (tertiary/aromatic N) is 1. The van der Waals surface area contributed by atoms with E-state index in [2.05, 4.69) is 10.3 Å². The van der Waals surface area contributed by atoms with Gasteiger partial charge in [0.05, 0.1) is 6.04 Å². The number of nitrogens with one attached hydrogen (secondary N) is 1. The Morgan fingerprint density at radius 3 is 2.81 bits per heavy atom. The average molecular weight is 223 g/mol. The average Bonchev–Trinajstić information content (AvgIpc) is 2.26. The number of aliphatic imine (C=N–C) groups is 1. The van der Waals surface area contributed by atoms with Crippen molar-refractivity contribution in [2.75, 3.05) is 6.54 Å². The molecule has 0 bridgehead atoms. The van der Waals surface area contributed by atoms with Gasteiger partial charge in [0.2, 0.25) is 0 Å². The molecule has 0 radical (unpaired) electrons. The van der Waals surface area contributed by atoms with Crippen molar-refractivity contribution < 1.29 is 4.39 Å². The van der Waals surface area contributed by atoms with Crippen molar-refractivity contribution in [1.82, 2.24) is 5.32 Å². The highest BCUT2D eigenvalue weighted by Crippen LogP contribution is 2.15. The summed E-state index contributed by atoms with van der Waals surface area (Å²) >= 11 is 0. The third kappa shape index (κ3) is 3.53. The molecule has 0 aromatic heterocycles. The summed E-state index contributed by atoms with van der Waals surface area (Å²) in [7, 11) is 0. The molecular weight excluding hydrogens is 205 g/mol. The number of rotatable bonds is 4. The van der Waals surface area contributed by atoms with Gasteiger partial charge in [-0.15, -0.1) is 0 Å². The minimum Gasteiger partial charge on any atom is -0.370 e. The molecule has 16 heavy (non-hydrogen) atoms. The second kappa shape index (κ2) is 6.10. The molecule has 0 heterocycles. The molecule has 0 saturated carbocycles. The summed E-state index contributed by atoms with van der Waals surface area (Å²) in [6, 6.07) is 6.46. The maximum Gasteiger partial charge on any atom is 0.189 e. The molecule has 88 valence electrons. The molecule has 0 amide bonds. The summed E-state index contributed by atoms with van der Waals surface area (Å²) in [5.41, 5.74) is 6.26. The summed E-state index contributed by atoms with van der Waals surface area (Å²) in [6.45, 7) is 4.56. The van der Waals surface area contributed by atoms with E-state index in [-0.39, 0.29) is 11.9 Å². The van der Waals surface area contributed by atoms with Gasteiger partial charge in [0.1, 0.15) is 5.82 Å². The summed E-state index contributed by atoms with van der Waals surface area (Å²) in [6.07, 6.45) is 0.941. The first-order chi connectivity index (χ1) is 7.65. The largest absolute Gasteiger partial charge is 0.370 e. The van der Waals surface area contributed by atoms with E-state index in [1.54, 1.807) is 18.2 Å². The monoisotopic (exact) mass is 223 g/mol. The molecule has 0 spiro atoms. The van der Waals surface area contributed by atoms with Crippen LogP contribution in [0.2, 0.25) is 0 Å². The van der Waals surface area contributed by atoms with Crippen LogP contribution in [0, 0.1) is 5.82 Å². The van der Waals surface area contributed by atoms with E-state index in [4.69, 9.17) is 5.73 Å². The van der Waals surface area contributed by atoms with E-state index in [9.17, 15) is 4.39 Å². The molecule has 1 atom stereocenters. The fourth-order valence-electron chi connectivity index (χ4n) is 1.40. The Kier molecular flexibility index (Phi) is 4.76. The van der Waals surface area contributed by atoms with Crippen LogP contribution in [0.15, 0.2) is 29.3 Å². The first kappa shape index (κ1) is 12.5. The summed E-state index contributed by atoms with van der Waals surface area (Å²) < 4.78 is 13.4. The van der Waals surface area contributed by atoms with Crippen molar-refractivity contribution in [2.24, 2.45) is 10.7 Å². The van der Waals surface area contributed by atoms with Crippen molar-refractivity contribution in [2.45, 2.75) is 26.3 Å². The molecule has 3 nitrogen and oxygen atoms in total. The van der Waals surface area contributed by atoms with Gasteiger partial charge in [0, 0.05) is 12.1 Å². The van der Waals surface area contributed by atoms with Crippen LogP contribution in [0.3, 0.4) is 0 Å². The highest BCUT2D eigenvalue weighted by molar-refractivity contribution is 5.78. The Morgan fingerprint density at radius 1 is 1.50 bits per heavy atom. The second-order valence-corrected chi connectivity index (χ2v) is 3.65. The van der Waals surface area contributed by atoms with Gasteiger partial charge in [0.25, 0.3) is 0 Å². The molecule has 0 fully saturated rings. The SMILES string of the molecule is CCCN=C(N)NC(C)c1ccccc1F. The molecule has 0 aliphatic heterocycles. The van der Waals surface area contributed by atoms with Crippen LogP contribution in [0.1, 0.15) is 31.9 Å². The van der Waals surface area contributed by atoms with E-state index in [1.165, 1.54) is 6.07 Å². The van der Waals surface area contributed by atoms with Crippen molar-refractivity contribution in [3.8, 4) is 0 Å². The lowest BCUT2D eigenvalue weighted by Gasteiger charge is -2.15. The minimum atomic E-state index is -0.231. The topological polar surface area (TPSA) is 50.4 Å². The zero-order valence-electron chi connectivity index (χ0n) is 9.70. The molecule has 0 aliphatic carbocycles. The highest BCUT2D eigenvalue weighted by atomic mass is 19.1. The molecule has 3 N–H and O–H groups in total. The van der Waals surface area contributed by atoms with Crippen molar-refractivity contribution in [3.63, 3.8) is 0 Å². The Balaban J connectivity index is 2.65. The Hall–Kier alpha value is -1.58. The second-order valence-electron chi connectivity index (χ2n) is 3.65. The van der Waals surface area contributed by atoms with Crippen LogP contribution in [0.4, 0.5) is 4.39 Å². The third-order valence-electron chi connectivity index (χ3n) is 2.24. The van der Waals surface area contributed by atoms with E-state index in [0.29, 0.717) is 18.1 Å². The van der Waals surface area contributed by atoms with Gasteiger partial charge >= 0.3 is 0 Å². The van der Waals surface area contributed by atoms with Gasteiger partial charge in [-0.1, -0.05) is 25.1 Å². The number of hydrogen-bond donors (Lipinski definition) is 2. The normalized spacial score (nSPS) is 13.6. The minimum absolute atomic E-state index is 0.179. The van der Waals surface area contributed by atoms with Gasteiger partial charge in [-0.25, -0.2) is 4.39 Å². The lowest BCUT2D eigenvalue weighted by atomic mass is 10.1. The van der Waals surface area contributed by atoms with Crippen LogP contribution in [-0.4, -0.2) is 12.5 Å². The first-order valence-electron chi connectivity index (χ1n) is 5.46. The third-order valence-corrected chi connectivity index (χ3v) is 2.24. The number of nitrogens with two attached hydrogens (primary N) is 1. The van der Waals surface area contributed by atoms with Gasteiger partial charge in [-0.3, -0.25) is 4.99 Å². The molecule has 0 saturated heterocycles. The lowest BCUT2D eigenvalue weighted by Crippen LogP contribution is -2.34.